The molecule has 0 amide bonds. The highest BCUT2D eigenvalue weighted by Crippen LogP contribution is 2.48. The molecule has 0 saturated heterocycles. The number of hydrogen-bond donors (Lipinski definition) is 0. The van der Waals surface area contributed by atoms with Crippen LogP contribution >= 0.6 is 63.7 Å². The van der Waals surface area contributed by atoms with E-state index in [0.717, 1.165) is 0 Å². The van der Waals surface area contributed by atoms with Gasteiger partial charge in [0.05, 0.1) is 17.9 Å². The maximum atomic E-state index is 12.6. The van der Waals surface area contributed by atoms with Gasteiger partial charge in [0.25, 0.3) is 0 Å². The standard InChI is InChI=1S/2C16H10.2C6Br2F4/c2*1-2-8-13-12(7-1)14-9-3-5-11-6-4-10-15(13)16(11)14;2*7-1-2(8)4(10)6(12)5(11)3(1)9/h2*1-10H;;. The van der Waals surface area contributed by atoms with Crippen LogP contribution in [0.25, 0.3) is 66.1 Å². The first-order chi connectivity index (χ1) is 26.8. The van der Waals surface area contributed by atoms with Gasteiger partial charge in [0.2, 0.25) is 0 Å². The molecule has 2 aliphatic carbocycles. The maximum Gasteiger partial charge on any atom is 0.198 e. The van der Waals surface area contributed by atoms with Gasteiger partial charge in [0.1, 0.15) is 0 Å². The Bertz CT molecular complexity index is 2340. The third kappa shape index (κ3) is 6.99. The minimum Gasteiger partial charge on any atom is -0.202 e. The molecule has 8 aromatic rings. The molecule has 280 valence electrons. The van der Waals surface area contributed by atoms with Crippen molar-refractivity contribution >= 4 is 85.3 Å². The molecule has 0 atom stereocenters. The van der Waals surface area contributed by atoms with Gasteiger partial charge in [-0.05, 0) is 130 Å². The SMILES string of the molecule is Fc1c(F)c(F)c(Br)c(Br)c1F.Fc1c(F)c(F)c(Br)c(Br)c1F.c1ccc2c(c1)-c1cccc3cccc-2c13.c1ccc2c(c1)-c1cccc3cccc-2c13. The van der Waals surface area contributed by atoms with Gasteiger partial charge in [0, 0.05) is 0 Å². The van der Waals surface area contributed by atoms with Crippen molar-refractivity contribution < 1.29 is 35.1 Å². The lowest BCUT2D eigenvalue weighted by Gasteiger charge is -2.02. The Morgan fingerprint density at radius 1 is 0.232 bits per heavy atom. The summed E-state index contributed by atoms with van der Waals surface area (Å²) in [5, 5.41) is 5.50. The Balaban J connectivity index is 0.000000116. The van der Waals surface area contributed by atoms with Crippen LogP contribution in [0.3, 0.4) is 0 Å². The third-order valence-corrected chi connectivity index (χ3v) is 13.2. The van der Waals surface area contributed by atoms with Gasteiger partial charge in [-0.1, -0.05) is 121 Å². The van der Waals surface area contributed by atoms with Crippen LogP contribution < -0.4 is 0 Å². The summed E-state index contributed by atoms with van der Waals surface area (Å²) < 4.78 is 98.0. The van der Waals surface area contributed by atoms with Crippen molar-refractivity contribution in [1.82, 2.24) is 0 Å². The summed E-state index contributed by atoms with van der Waals surface area (Å²) in [5.41, 5.74) is 11.0. The van der Waals surface area contributed by atoms with Crippen molar-refractivity contribution in [3.8, 4) is 44.5 Å². The molecule has 10 rings (SSSR count). The summed E-state index contributed by atoms with van der Waals surface area (Å²) >= 11 is 10.2. The van der Waals surface area contributed by atoms with Crippen LogP contribution in [-0.4, -0.2) is 0 Å². The molecule has 0 fully saturated rings. The van der Waals surface area contributed by atoms with Gasteiger partial charge in [-0.2, -0.15) is 0 Å². The molecule has 0 N–H and O–H groups in total. The van der Waals surface area contributed by atoms with E-state index in [2.05, 4.69) is 185 Å². The normalized spacial score (nSPS) is 11.2. The largest absolute Gasteiger partial charge is 0.202 e. The van der Waals surface area contributed by atoms with Gasteiger partial charge in [-0.25, -0.2) is 35.1 Å². The Hall–Kier alpha value is -4.36. The first-order valence-electron chi connectivity index (χ1n) is 16.4. The van der Waals surface area contributed by atoms with E-state index in [0.29, 0.717) is 0 Å². The fourth-order valence-corrected chi connectivity index (χ4v) is 8.03. The number of benzene rings is 8. The molecular formula is C44H20Br4F8. The third-order valence-electron chi connectivity index (χ3n) is 9.14. The van der Waals surface area contributed by atoms with Crippen molar-refractivity contribution in [3.05, 3.63) is 186 Å². The van der Waals surface area contributed by atoms with Gasteiger partial charge >= 0.3 is 0 Å². The topological polar surface area (TPSA) is 0 Å². The summed E-state index contributed by atoms with van der Waals surface area (Å²) in [5.74, 6) is -13.2. The summed E-state index contributed by atoms with van der Waals surface area (Å²) in [6.45, 7) is 0. The molecule has 0 aliphatic heterocycles. The molecule has 0 unspecified atom stereocenters. The fraction of sp³-hybridized carbons (Fsp3) is 0. The summed E-state index contributed by atoms with van der Waals surface area (Å²) in [7, 11) is 0. The number of rotatable bonds is 0. The maximum absolute atomic E-state index is 12.6. The predicted molar refractivity (Wildman–Crippen MR) is 220 cm³/mol. The zero-order valence-corrected chi connectivity index (χ0v) is 34.4. The Morgan fingerprint density at radius 2 is 0.429 bits per heavy atom. The van der Waals surface area contributed by atoms with Crippen molar-refractivity contribution in [2.24, 2.45) is 0 Å². The zero-order chi connectivity index (χ0) is 40.0. The van der Waals surface area contributed by atoms with Crippen molar-refractivity contribution in [2.45, 2.75) is 0 Å². The van der Waals surface area contributed by atoms with Crippen molar-refractivity contribution in [2.75, 3.05) is 0 Å². The van der Waals surface area contributed by atoms with E-state index in [4.69, 9.17) is 0 Å². The molecule has 0 saturated carbocycles. The fourth-order valence-electron chi connectivity index (χ4n) is 6.64. The lowest BCUT2D eigenvalue weighted by Crippen LogP contribution is -1.98. The Morgan fingerprint density at radius 3 is 0.643 bits per heavy atom. The predicted octanol–water partition coefficient (Wildman–Crippen LogP) is 16.5. The molecule has 0 heterocycles. The zero-order valence-electron chi connectivity index (χ0n) is 28.1. The van der Waals surface area contributed by atoms with E-state index in [-0.39, 0.29) is 0 Å². The van der Waals surface area contributed by atoms with Crippen LogP contribution in [0.2, 0.25) is 0 Å². The van der Waals surface area contributed by atoms with E-state index in [1.54, 1.807) is 0 Å². The second kappa shape index (κ2) is 16.2. The van der Waals surface area contributed by atoms with Crippen LogP contribution in [0.1, 0.15) is 0 Å². The second-order valence-electron chi connectivity index (χ2n) is 12.3. The van der Waals surface area contributed by atoms with Crippen LogP contribution in [0, 0.1) is 46.5 Å². The first-order valence-corrected chi connectivity index (χ1v) is 19.6. The van der Waals surface area contributed by atoms with Crippen LogP contribution in [0.5, 0.6) is 0 Å². The quantitative estimate of drug-likeness (QED) is 0.0807. The Labute approximate surface area is 348 Å². The van der Waals surface area contributed by atoms with Gasteiger partial charge < -0.3 is 0 Å². The smallest absolute Gasteiger partial charge is 0.198 e. The molecule has 0 bridgehead atoms. The van der Waals surface area contributed by atoms with Crippen molar-refractivity contribution in [3.63, 3.8) is 0 Å². The molecule has 0 radical (unpaired) electrons. The van der Waals surface area contributed by atoms with Gasteiger partial charge in [-0.15, -0.1) is 0 Å². The van der Waals surface area contributed by atoms with Crippen LogP contribution in [0.15, 0.2) is 139 Å². The van der Waals surface area contributed by atoms with Gasteiger partial charge in [0.15, 0.2) is 46.5 Å². The average molecular weight is 1020 g/mol. The van der Waals surface area contributed by atoms with Gasteiger partial charge in [-0.3, -0.25) is 0 Å². The van der Waals surface area contributed by atoms with Crippen LogP contribution in [-0.2, 0) is 0 Å². The minimum absolute atomic E-state index is 0.473. The van der Waals surface area contributed by atoms with E-state index in [1.165, 1.54) is 66.1 Å². The highest BCUT2D eigenvalue weighted by atomic mass is 79.9. The number of fused-ring (bicyclic) bond motifs is 6. The monoisotopic (exact) mass is 1020 g/mol. The van der Waals surface area contributed by atoms with Crippen molar-refractivity contribution in [1.29, 1.82) is 0 Å². The summed E-state index contributed by atoms with van der Waals surface area (Å²) in [6.07, 6.45) is 0. The van der Waals surface area contributed by atoms with E-state index in [9.17, 15) is 35.1 Å². The molecule has 12 heteroatoms. The highest BCUT2D eigenvalue weighted by molar-refractivity contribution is 9.13. The average Bonchev–Trinajstić information content (AvgIpc) is 3.75. The summed E-state index contributed by atoms with van der Waals surface area (Å²) in [6, 6.07) is 43.5. The first kappa shape index (κ1) is 39.9. The lowest BCUT2D eigenvalue weighted by molar-refractivity contribution is 0.403. The van der Waals surface area contributed by atoms with Crippen LogP contribution in [0.4, 0.5) is 35.1 Å². The molecule has 2 aliphatic rings. The van der Waals surface area contributed by atoms with E-state index >= 15 is 0 Å². The number of halogens is 12. The van der Waals surface area contributed by atoms with E-state index < -0.39 is 64.4 Å². The molecule has 8 aromatic carbocycles. The Kier molecular flexibility index (Phi) is 11.6. The molecule has 0 aromatic heterocycles. The van der Waals surface area contributed by atoms with E-state index in [1.807, 2.05) is 0 Å². The highest BCUT2D eigenvalue weighted by Gasteiger charge is 2.24. The second-order valence-corrected chi connectivity index (χ2v) is 15.4. The summed E-state index contributed by atoms with van der Waals surface area (Å²) in [4.78, 5) is 0. The minimum atomic E-state index is -1.83. The number of hydrogen-bond acceptors (Lipinski definition) is 0. The molecule has 0 spiro atoms. The molecular weight excluding hydrogens is 1000 g/mol. The molecule has 56 heavy (non-hydrogen) atoms. The molecule has 0 nitrogen and oxygen atoms in total. The lowest BCUT2D eigenvalue weighted by atomic mass is 10.0.